The van der Waals surface area contributed by atoms with Crippen LogP contribution >= 0.6 is 0 Å². The number of halogens is 3. The molecule has 5 rings (SSSR count). The molecule has 1 amide bonds. The molecule has 0 saturated carbocycles. The Hall–Kier alpha value is -3.34. The Morgan fingerprint density at radius 3 is 2.47 bits per heavy atom. The lowest BCUT2D eigenvalue weighted by molar-refractivity contribution is -0.384. The van der Waals surface area contributed by atoms with E-state index in [9.17, 15) is 28.1 Å². The van der Waals surface area contributed by atoms with Crippen molar-refractivity contribution in [2.75, 3.05) is 62.7 Å². The van der Waals surface area contributed by atoms with Gasteiger partial charge in [0.2, 0.25) is 5.91 Å². The molecule has 36 heavy (non-hydrogen) atoms. The number of carbonyl (C=O) groups is 1. The number of amides is 1. The second kappa shape index (κ2) is 9.27. The first-order chi connectivity index (χ1) is 17.1. The van der Waals surface area contributed by atoms with Crippen molar-refractivity contribution < 1.29 is 22.9 Å². The highest BCUT2D eigenvalue weighted by Gasteiger charge is 2.43. The molecule has 8 nitrogen and oxygen atoms in total. The van der Waals surface area contributed by atoms with Crippen LogP contribution in [0.1, 0.15) is 11.1 Å². The van der Waals surface area contributed by atoms with Crippen molar-refractivity contribution in [3.63, 3.8) is 0 Å². The van der Waals surface area contributed by atoms with Crippen LogP contribution in [0.4, 0.5) is 30.2 Å². The third-order valence-electron chi connectivity index (χ3n) is 7.56. The van der Waals surface area contributed by atoms with Gasteiger partial charge in [0.05, 0.1) is 22.4 Å². The molecule has 3 aliphatic heterocycles. The first-order valence-electron chi connectivity index (χ1n) is 12.1. The summed E-state index contributed by atoms with van der Waals surface area (Å²) in [6.45, 7) is 4.00. The largest absolute Gasteiger partial charge is 0.416 e. The lowest BCUT2D eigenvalue weighted by atomic mass is 9.82. The molecule has 3 aliphatic rings. The molecule has 0 aromatic heterocycles. The van der Waals surface area contributed by atoms with E-state index in [0.717, 1.165) is 43.0 Å². The van der Waals surface area contributed by atoms with Gasteiger partial charge in [-0.25, -0.2) is 0 Å². The molecule has 0 N–H and O–H groups in total. The van der Waals surface area contributed by atoms with Gasteiger partial charge < -0.3 is 19.6 Å². The predicted molar refractivity (Wildman–Crippen MR) is 129 cm³/mol. The molecule has 2 aromatic rings. The number of benzene rings is 2. The number of non-ortho nitro benzene ring substituents is 1. The van der Waals surface area contributed by atoms with Gasteiger partial charge in [0.25, 0.3) is 5.69 Å². The van der Waals surface area contributed by atoms with Crippen molar-refractivity contribution >= 4 is 23.0 Å². The minimum atomic E-state index is -4.40. The van der Waals surface area contributed by atoms with Gasteiger partial charge in [0.15, 0.2) is 0 Å². The fourth-order valence-electron chi connectivity index (χ4n) is 5.65. The maximum absolute atomic E-state index is 13.8. The molecule has 11 heteroatoms. The summed E-state index contributed by atoms with van der Waals surface area (Å²) < 4.78 is 39.4. The zero-order chi connectivity index (χ0) is 25.6. The van der Waals surface area contributed by atoms with E-state index in [2.05, 4.69) is 9.80 Å². The van der Waals surface area contributed by atoms with E-state index in [0.29, 0.717) is 38.3 Å². The molecule has 0 bridgehead atoms. The summed E-state index contributed by atoms with van der Waals surface area (Å²) >= 11 is 0. The topological polar surface area (TPSA) is 73.2 Å². The van der Waals surface area contributed by atoms with E-state index < -0.39 is 16.7 Å². The number of nitro groups is 1. The van der Waals surface area contributed by atoms with Crippen LogP contribution in [0.2, 0.25) is 0 Å². The number of alkyl halides is 3. The van der Waals surface area contributed by atoms with Gasteiger partial charge in [-0.1, -0.05) is 6.07 Å². The van der Waals surface area contributed by atoms with Gasteiger partial charge in [0, 0.05) is 69.3 Å². The van der Waals surface area contributed by atoms with Crippen molar-refractivity contribution in [1.29, 1.82) is 0 Å². The first kappa shape index (κ1) is 24.4. The normalized spacial score (nSPS) is 22.7. The van der Waals surface area contributed by atoms with E-state index in [-0.39, 0.29) is 23.6 Å². The second-order valence-electron chi connectivity index (χ2n) is 9.76. The Kier molecular flexibility index (Phi) is 6.27. The third-order valence-corrected chi connectivity index (χ3v) is 7.56. The molecule has 2 saturated heterocycles. The SMILES string of the molecule is CN1CCN2c3ccc([N+](=O)[O-])cc3CC(C(=O)N3CCN(c4cccc(C(F)(F)F)c4)CC3)C2C1. The second-order valence-corrected chi connectivity index (χ2v) is 9.76. The molecule has 2 fully saturated rings. The number of carbonyl (C=O) groups excluding carboxylic acids is 1. The Morgan fingerprint density at radius 2 is 1.78 bits per heavy atom. The fraction of sp³-hybridized carbons (Fsp3) is 0.480. The summed E-state index contributed by atoms with van der Waals surface area (Å²) in [5.74, 6) is -0.344. The number of hydrogen-bond acceptors (Lipinski definition) is 6. The van der Waals surface area contributed by atoms with Crippen LogP contribution in [0, 0.1) is 16.0 Å². The summed E-state index contributed by atoms with van der Waals surface area (Å²) in [6, 6.07) is 10.1. The van der Waals surface area contributed by atoms with Crippen LogP contribution in [0.25, 0.3) is 0 Å². The van der Waals surface area contributed by atoms with Crippen LogP contribution in [0.5, 0.6) is 0 Å². The van der Waals surface area contributed by atoms with Gasteiger partial charge in [-0.3, -0.25) is 14.9 Å². The highest BCUT2D eigenvalue weighted by molar-refractivity contribution is 5.83. The van der Waals surface area contributed by atoms with Gasteiger partial charge >= 0.3 is 6.18 Å². The Morgan fingerprint density at radius 1 is 1.03 bits per heavy atom. The van der Waals surface area contributed by atoms with Crippen LogP contribution in [-0.4, -0.2) is 79.5 Å². The number of fused-ring (bicyclic) bond motifs is 3. The van der Waals surface area contributed by atoms with Crippen LogP contribution in [-0.2, 0) is 17.4 Å². The fourth-order valence-corrected chi connectivity index (χ4v) is 5.65. The smallest absolute Gasteiger partial charge is 0.368 e. The number of likely N-dealkylation sites (N-methyl/N-ethyl adjacent to an activating group) is 1. The molecule has 2 aromatic carbocycles. The number of nitrogens with zero attached hydrogens (tertiary/aromatic N) is 5. The van der Waals surface area contributed by atoms with Crippen molar-refractivity contribution in [3.05, 3.63) is 63.7 Å². The predicted octanol–water partition coefficient (Wildman–Crippen LogP) is 3.26. The monoisotopic (exact) mass is 503 g/mol. The molecule has 2 unspecified atom stereocenters. The van der Waals surface area contributed by atoms with Crippen molar-refractivity contribution in [3.8, 4) is 0 Å². The van der Waals surface area contributed by atoms with E-state index in [1.54, 1.807) is 23.1 Å². The summed E-state index contributed by atoms with van der Waals surface area (Å²) in [4.78, 5) is 32.8. The Balaban J connectivity index is 1.33. The summed E-state index contributed by atoms with van der Waals surface area (Å²) in [6.07, 6.45) is -3.97. The molecule has 0 radical (unpaired) electrons. The molecular weight excluding hydrogens is 475 g/mol. The number of nitro benzene ring substituents is 1. The highest BCUT2D eigenvalue weighted by atomic mass is 19.4. The minimum absolute atomic E-state index is 0.00106. The highest BCUT2D eigenvalue weighted by Crippen LogP contribution is 2.38. The molecule has 2 atom stereocenters. The Labute approximate surface area is 207 Å². The van der Waals surface area contributed by atoms with Gasteiger partial charge in [-0.2, -0.15) is 13.2 Å². The average Bonchev–Trinajstić information content (AvgIpc) is 2.87. The van der Waals surface area contributed by atoms with Crippen molar-refractivity contribution in [1.82, 2.24) is 9.80 Å². The van der Waals surface area contributed by atoms with Crippen molar-refractivity contribution in [2.24, 2.45) is 5.92 Å². The average molecular weight is 504 g/mol. The lowest BCUT2D eigenvalue weighted by Gasteiger charge is -2.49. The molecule has 3 heterocycles. The maximum Gasteiger partial charge on any atom is 0.416 e. The van der Waals surface area contributed by atoms with E-state index >= 15 is 0 Å². The quantitative estimate of drug-likeness (QED) is 0.473. The summed E-state index contributed by atoms with van der Waals surface area (Å²) in [5.41, 5.74) is 1.59. The number of piperazine rings is 2. The molecular formula is C25H28F3N5O3. The van der Waals surface area contributed by atoms with E-state index in [4.69, 9.17) is 0 Å². The van der Waals surface area contributed by atoms with Gasteiger partial charge in [-0.15, -0.1) is 0 Å². The molecule has 192 valence electrons. The van der Waals surface area contributed by atoms with E-state index in [1.165, 1.54) is 12.1 Å². The van der Waals surface area contributed by atoms with Gasteiger partial charge in [0.1, 0.15) is 0 Å². The van der Waals surface area contributed by atoms with Gasteiger partial charge in [-0.05, 0) is 43.3 Å². The van der Waals surface area contributed by atoms with Crippen LogP contribution < -0.4 is 9.80 Å². The maximum atomic E-state index is 13.8. The molecule has 0 spiro atoms. The summed E-state index contributed by atoms with van der Waals surface area (Å²) in [5, 5.41) is 11.3. The lowest BCUT2D eigenvalue weighted by Crippen LogP contribution is -2.61. The first-order valence-corrected chi connectivity index (χ1v) is 12.1. The number of hydrogen-bond donors (Lipinski definition) is 0. The third kappa shape index (κ3) is 4.59. The Bertz CT molecular complexity index is 1170. The van der Waals surface area contributed by atoms with Crippen LogP contribution in [0.3, 0.4) is 0 Å². The minimum Gasteiger partial charge on any atom is -0.368 e. The van der Waals surface area contributed by atoms with Crippen LogP contribution in [0.15, 0.2) is 42.5 Å². The zero-order valence-electron chi connectivity index (χ0n) is 19.9. The zero-order valence-corrected chi connectivity index (χ0v) is 19.9. The number of rotatable bonds is 3. The number of anilines is 2. The summed E-state index contributed by atoms with van der Waals surface area (Å²) in [7, 11) is 2.03. The molecule has 0 aliphatic carbocycles. The van der Waals surface area contributed by atoms with Crippen molar-refractivity contribution in [2.45, 2.75) is 18.6 Å². The van der Waals surface area contributed by atoms with E-state index in [1.807, 2.05) is 11.9 Å². The standard InChI is InChI=1S/C25H28F3N5O3/c1-29-7-12-32-22-6-5-20(33(35)36)13-17(22)14-21(23(32)16-29)24(34)31-10-8-30(9-11-31)19-4-2-3-18(15-19)25(26,27)28/h2-6,13,15,21,23H,7-12,14,16H2,1H3.